The smallest absolute Gasteiger partial charge is 0.156 e. The molecule has 2 aromatic heterocycles. The van der Waals surface area contributed by atoms with Gasteiger partial charge in [-0.25, -0.2) is 4.98 Å². The van der Waals surface area contributed by atoms with E-state index in [1.807, 2.05) is 32.0 Å². The zero-order chi connectivity index (χ0) is 22.2. The van der Waals surface area contributed by atoms with Gasteiger partial charge in [0.1, 0.15) is 6.07 Å². The Morgan fingerprint density at radius 1 is 1.06 bits per heavy atom. The van der Waals surface area contributed by atoms with Crippen LogP contribution < -0.4 is 10.2 Å². The lowest BCUT2D eigenvalue weighted by Gasteiger charge is -2.29. The van der Waals surface area contributed by atoms with Crippen LogP contribution in [-0.4, -0.2) is 41.4 Å². The number of nitrogens with one attached hydrogen (secondary N) is 2. The van der Waals surface area contributed by atoms with Crippen molar-refractivity contribution in [2.75, 3.05) is 31.1 Å². The molecular weight excluding hydrogens is 420 g/mol. The molecule has 0 amide bonds. The predicted octanol–water partition coefficient (Wildman–Crippen LogP) is 4.84. The third kappa shape index (κ3) is 3.40. The van der Waals surface area contributed by atoms with Gasteiger partial charge in [-0.05, 0) is 43.2 Å². The number of aryl methyl sites for hydroxylation is 1. The van der Waals surface area contributed by atoms with Crippen molar-refractivity contribution in [3.05, 3.63) is 64.3 Å². The number of piperazine rings is 1. The van der Waals surface area contributed by atoms with E-state index < -0.39 is 0 Å². The molecule has 7 heteroatoms. The monoisotopic (exact) mass is 442 g/mol. The van der Waals surface area contributed by atoms with Gasteiger partial charge in [0.25, 0.3) is 0 Å². The zero-order valence-electron chi connectivity index (χ0n) is 18.0. The van der Waals surface area contributed by atoms with Crippen molar-refractivity contribution >= 4 is 28.3 Å². The molecule has 1 aliphatic rings. The largest absolute Gasteiger partial charge is 0.369 e. The Labute approximate surface area is 191 Å². The Hall–Kier alpha value is -3.40. The molecule has 5 rings (SSSR count). The second-order valence-electron chi connectivity index (χ2n) is 8.05. The highest BCUT2D eigenvalue weighted by molar-refractivity contribution is 6.31. The van der Waals surface area contributed by atoms with Crippen LogP contribution in [0.15, 0.2) is 42.5 Å². The molecule has 6 nitrogen and oxygen atoms in total. The van der Waals surface area contributed by atoms with Gasteiger partial charge in [-0.15, -0.1) is 0 Å². The van der Waals surface area contributed by atoms with Crippen molar-refractivity contribution in [2.24, 2.45) is 0 Å². The van der Waals surface area contributed by atoms with Crippen LogP contribution in [0, 0.1) is 25.2 Å². The number of halogens is 1. The van der Waals surface area contributed by atoms with Crippen molar-refractivity contribution in [2.45, 2.75) is 13.8 Å². The summed E-state index contributed by atoms with van der Waals surface area (Å²) in [5.41, 5.74) is 7.39. The molecule has 3 heterocycles. The number of aromatic amines is 1. The van der Waals surface area contributed by atoms with Gasteiger partial charge in [0.15, 0.2) is 5.65 Å². The SMILES string of the molecule is Cc1c(Cl)cccc1-c1nc2[nH]nc(C)c2c(-c2ccc(N3CCNCC3)cc2)c1C#N. The molecule has 160 valence electrons. The van der Waals surface area contributed by atoms with Crippen molar-refractivity contribution in [3.8, 4) is 28.5 Å². The van der Waals surface area contributed by atoms with Crippen molar-refractivity contribution in [1.29, 1.82) is 5.26 Å². The van der Waals surface area contributed by atoms with Crippen LogP contribution in [-0.2, 0) is 0 Å². The molecule has 0 spiro atoms. The summed E-state index contributed by atoms with van der Waals surface area (Å²) in [6, 6.07) is 16.6. The fourth-order valence-corrected chi connectivity index (χ4v) is 4.60. The van der Waals surface area contributed by atoms with Crippen molar-refractivity contribution in [1.82, 2.24) is 20.5 Å². The third-order valence-corrected chi connectivity index (χ3v) is 6.57. The molecule has 2 N–H and O–H groups in total. The summed E-state index contributed by atoms with van der Waals surface area (Å²) in [7, 11) is 0. The number of H-pyrrole nitrogens is 1. The maximum Gasteiger partial charge on any atom is 0.156 e. The number of anilines is 1. The van der Waals surface area contributed by atoms with Crippen LogP contribution in [0.4, 0.5) is 5.69 Å². The number of fused-ring (bicyclic) bond motifs is 1. The average Bonchev–Trinajstić information content (AvgIpc) is 3.20. The molecule has 1 fully saturated rings. The van der Waals surface area contributed by atoms with E-state index >= 15 is 0 Å². The van der Waals surface area contributed by atoms with Gasteiger partial charge in [0, 0.05) is 48.0 Å². The second-order valence-corrected chi connectivity index (χ2v) is 8.46. The Balaban J connectivity index is 1.72. The Bertz CT molecular complexity index is 1340. The van der Waals surface area contributed by atoms with Gasteiger partial charge in [-0.3, -0.25) is 5.10 Å². The number of nitrogens with zero attached hydrogens (tertiary/aromatic N) is 4. The van der Waals surface area contributed by atoms with E-state index in [1.165, 1.54) is 5.69 Å². The van der Waals surface area contributed by atoms with Crippen molar-refractivity contribution < 1.29 is 0 Å². The topological polar surface area (TPSA) is 80.6 Å². The summed E-state index contributed by atoms with van der Waals surface area (Å²) in [4.78, 5) is 7.17. The summed E-state index contributed by atoms with van der Waals surface area (Å²) < 4.78 is 0. The molecule has 4 aromatic rings. The number of pyridine rings is 1. The van der Waals surface area contributed by atoms with Gasteiger partial charge >= 0.3 is 0 Å². The second kappa shape index (κ2) is 8.27. The molecule has 0 aliphatic carbocycles. The maximum absolute atomic E-state index is 10.3. The maximum atomic E-state index is 10.3. The lowest BCUT2D eigenvalue weighted by Crippen LogP contribution is -2.43. The number of benzene rings is 2. The molecular formula is C25H23ClN6. The summed E-state index contributed by atoms with van der Waals surface area (Å²) in [5.74, 6) is 0. The highest BCUT2D eigenvalue weighted by Crippen LogP contribution is 2.39. The van der Waals surface area contributed by atoms with Crippen LogP contribution >= 0.6 is 11.6 Å². The standard InChI is InChI=1S/C25H23ClN6/c1-15-19(4-3-5-21(15)26)24-20(14-27)23(22-16(2)30-31-25(22)29-24)17-6-8-18(9-7-17)32-12-10-28-11-13-32/h3-9,28H,10-13H2,1-2H3,(H,29,30,31). The first-order chi connectivity index (χ1) is 15.6. The molecule has 0 bridgehead atoms. The van der Waals surface area contributed by atoms with Gasteiger partial charge < -0.3 is 10.2 Å². The van der Waals surface area contributed by atoms with E-state index in [-0.39, 0.29) is 0 Å². The number of hydrogen-bond donors (Lipinski definition) is 2. The number of aromatic nitrogens is 3. The van der Waals surface area contributed by atoms with E-state index in [4.69, 9.17) is 16.6 Å². The number of rotatable bonds is 3. The van der Waals surface area contributed by atoms with Crippen molar-refractivity contribution in [3.63, 3.8) is 0 Å². The molecule has 32 heavy (non-hydrogen) atoms. The average molecular weight is 443 g/mol. The van der Waals surface area contributed by atoms with Crippen LogP contribution in [0.1, 0.15) is 16.8 Å². The molecule has 2 aromatic carbocycles. The summed E-state index contributed by atoms with van der Waals surface area (Å²) >= 11 is 6.39. The van der Waals surface area contributed by atoms with E-state index in [0.717, 1.165) is 59.5 Å². The van der Waals surface area contributed by atoms with Crippen LogP contribution in [0.3, 0.4) is 0 Å². The number of nitriles is 1. The zero-order valence-corrected chi connectivity index (χ0v) is 18.8. The first kappa shape index (κ1) is 20.5. The Morgan fingerprint density at radius 2 is 1.81 bits per heavy atom. The third-order valence-electron chi connectivity index (χ3n) is 6.16. The van der Waals surface area contributed by atoms with E-state index in [1.54, 1.807) is 0 Å². The van der Waals surface area contributed by atoms with Gasteiger partial charge in [-0.2, -0.15) is 10.4 Å². The van der Waals surface area contributed by atoms with E-state index in [2.05, 4.69) is 50.7 Å². The molecule has 1 saturated heterocycles. The number of hydrogen-bond acceptors (Lipinski definition) is 5. The first-order valence-corrected chi connectivity index (χ1v) is 11.1. The lowest BCUT2D eigenvalue weighted by molar-refractivity contribution is 0.589. The molecule has 0 saturated carbocycles. The van der Waals surface area contributed by atoms with Crippen LogP contribution in [0.2, 0.25) is 5.02 Å². The summed E-state index contributed by atoms with van der Waals surface area (Å²) in [6.45, 7) is 7.84. The molecule has 0 radical (unpaired) electrons. The predicted molar refractivity (Wildman–Crippen MR) is 129 cm³/mol. The molecule has 0 atom stereocenters. The normalized spacial score (nSPS) is 14.0. The van der Waals surface area contributed by atoms with E-state index in [9.17, 15) is 5.26 Å². The highest BCUT2D eigenvalue weighted by Gasteiger charge is 2.22. The summed E-state index contributed by atoms with van der Waals surface area (Å²) in [6.07, 6.45) is 0. The van der Waals surface area contributed by atoms with Gasteiger partial charge in [0.05, 0.1) is 22.3 Å². The fourth-order valence-electron chi connectivity index (χ4n) is 4.43. The molecule has 0 unspecified atom stereocenters. The van der Waals surface area contributed by atoms with Gasteiger partial charge in [0.2, 0.25) is 0 Å². The minimum absolute atomic E-state index is 0.530. The Morgan fingerprint density at radius 3 is 2.53 bits per heavy atom. The quantitative estimate of drug-likeness (QED) is 0.474. The van der Waals surface area contributed by atoms with E-state index in [0.29, 0.717) is 21.9 Å². The summed E-state index contributed by atoms with van der Waals surface area (Å²) in [5, 5.41) is 22.6. The minimum Gasteiger partial charge on any atom is -0.369 e. The molecule has 1 aliphatic heterocycles. The van der Waals surface area contributed by atoms with Crippen LogP contribution in [0.5, 0.6) is 0 Å². The Kier molecular flexibility index (Phi) is 5.30. The van der Waals surface area contributed by atoms with Gasteiger partial charge in [-0.1, -0.05) is 35.9 Å². The minimum atomic E-state index is 0.530. The van der Waals surface area contributed by atoms with Crippen LogP contribution in [0.25, 0.3) is 33.4 Å². The first-order valence-electron chi connectivity index (χ1n) is 10.7. The highest BCUT2D eigenvalue weighted by atomic mass is 35.5. The lowest BCUT2D eigenvalue weighted by atomic mass is 9.92. The fraction of sp³-hybridized carbons (Fsp3) is 0.240.